The molecule has 0 aliphatic carbocycles. The maximum atomic E-state index is 13.0. The third kappa shape index (κ3) is 4.90. The number of amides is 1. The molecule has 5 nitrogen and oxygen atoms in total. The first kappa shape index (κ1) is 19.6. The third-order valence-electron chi connectivity index (χ3n) is 3.59. The van der Waals surface area contributed by atoms with E-state index in [9.17, 15) is 18.0 Å². The number of hydrogen-bond donors (Lipinski definition) is 2. The minimum Gasteiger partial charge on any atom is -0.316 e. The molecule has 26 heavy (non-hydrogen) atoms. The number of halogens is 3. The third-order valence-corrected chi connectivity index (χ3v) is 3.59. The molecule has 0 unspecified atom stereocenters. The van der Waals surface area contributed by atoms with Gasteiger partial charge in [-0.3, -0.25) is 9.79 Å². The van der Waals surface area contributed by atoms with Gasteiger partial charge in [0.25, 0.3) is 0 Å². The van der Waals surface area contributed by atoms with Gasteiger partial charge in [-0.05, 0) is 6.07 Å². The lowest BCUT2D eigenvalue weighted by molar-refractivity contribution is -0.132. The topological polar surface area (TPSA) is 64.9 Å². The lowest BCUT2D eigenvalue weighted by atomic mass is 9.99. The van der Waals surface area contributed by atoms with Crippen LogP contribution in [0.25, 0.3) is 0 Å². The molecule has 2 rings (SSSR count). The van der Waals surface area contributed by atoms with Crippen LogP contribution in [0, 0.1) is 0 Å². The maximum absolute atomic E-state index is 13.0. The predicted molar refractivity (Wildman–Crippen MR) is 92.6 cm³/mol. The first-order valence-electron chi connectivity index (χ1n) is 7.73. The number of carbonyl (C=O) groups is 1. The van der Waals surface area contributed by atoms with E-state index in [1.165, 1.54) is 13.1 Å². The highest BCUT2D eigenvalue weighted by molar-refractivity contribution is 6.17. The van der Waals surface area contributed by atoms with E-state index in [0.29, 0.717) is 21.7 Å². The summed E-state index contributed by atoms with van der Waals surface area (Å²) in [6.45, 7) is -2.12. The Balaban J connectivity index is 2.55. The number of carbonyl (C=O) groups excluding carboxylic acids is 1. The van der Waals surface area contributed by atoms with Crippen LogP contribution in [-0.4, -0.2) is 43.1 Å². The molecule has 0 bridgehead atoms. The van der Waals surface area contributed by atoms with Crippen LogP contribution in [0.1, 0.15) is 11.1 Å². The number of nitrogens with zero attached hydrogens (tertiary/aromatic N) is 2. The number of rotatable bonds is 6. The number of nitrogens with one attached hydrogen (secondary N) is 1. The fourth-order valence-electron chi connectivity index (χ4n) is 2.56. The Bertz CT molecular complexity index is 777. The number of aliphatic imine (C=N–C) groups is 1. The van der Waals surface area contributed by atoms with Gasteiger partial charge in [0, 0.05) is 18.2 Å². The minimum atomic E-state index is -4.60. The Morgan fingerprint density at radius 1 is 1.12 bits per heavy atom. The van der Waals surface area contributed by atoms with Crippen molar-refractivity contribution in [2.24, 2.45) is 4.99 Å². The highest BCUT2D eigenvalue weighted by atomic mass is 19.4. The molecule has 0 aliphatic rings. The second-order valence-corrected chi connectivity index (χ2v) is 5.39. The van der Waals surface area contributed by atoms with Crippen LogP contribution in [0.3, 0.4) is 0 Å². The van der Waals surface area contributed by atoms with Gasteiger partial charge < -0.3 is 10.1 Å². The molecule has 8 heteroatoms. The van der Waals surface area contributed by atoms with E-state index in [1.54, 1.807) is 47.9 Å². The summed E-state index contributed by atoms with van der Waals surface area (Å²) in [5, 5.41) is 8.73. The molecule has 2 N–H and O–H groups in total. The molecule has 0 atom stereocenters. The van der Waals surface area contributed by atoms with Gasteiger partial charge in [-0.25, -0.2) is 0 Å². The van der Waals surface area contributed by atoms with E-state index in [0.717, 1.165) is 0 Å². The van der Waals surface area contributed by atoms with Gasteiger partial charge in [0.1, 0.15) is 13.1 Å². The minimum absolute atomic E-state index is 0.0644. The first-order chi connectivity index (χ1) is 12.4. The summed E-state index contributed by atoms with van der Waals surface area (Å²) in [7, 11) is 1.53. The Hall–Kier alpha value is -2.71. The quantitative estimate of drug-likeness (QED) is 0.611. The molecule has 0 aromatic heterocycles. The van der Waals surface area contributed by atoms with Crippen LogP contribution in [0.5, 0.6) is 0 Å². The number of alkyl halides is 3. The molecule has 0 heterocycles. The summed E-state index contributed by atoms with van der Waals surface area (Å²) in [4.78, 5) is 17.0. The summed E-state index contributed by atoms with van der Waals surface area (Å²) in [6, 6.07) is 15.2. The van der Waals surface area contributed by atoms with Gasteiger partial charge in [-0.15, -0.1) is 0 Å². The van der Waals surface area contributed by atoms with E-state index < -0.39 is 25.2 Å². The largest absolute Gasteiger partial charge is 0.406 e. The van der Waals surface area contributed by atoms with Gasteiger partial charge in [-0.1, -0.05) is 48.5 Å². The SMILES string of the molecule is CN=C(c1ccccc1)c1ccccc1N(CC(F)(F)F)C(=O)CNO. The van der Waals surface area contributed by atoms with Crippen LogP contribution in [-0.2, 0) is 4.79 Å². The molecule has 0 spiro atoms. The van der Waals surface area contributed by atoms with Crippen molar-refractivity contribution in [3.63, 3.8) is 0 Å². The van der Waals surface area contributed by atoms with E-state index in [2.05, 4.69) is 4.99 Å². The van der Waals surface area contributed by atoms with Crippen molar-refractivity contribution < 1.29 is 23.2 Å². The summed E-state index contributed by atoms with van der Waals surface area (Å²) in [6.07, 6.45) is -4.60. The average Bonchev–Trinajstić information content (AvgIpc) is 2.61. The highest BCUT2D eigenvalue weighted by Crippen LogP contribution is 2.27. The maximum Gasteiger partial charge on any atom is 0.406 e. The standard InChI is InChI=1S/C18H18F3N3O2/c1-22-17(13-7-3-2-4-8-13)14-9-5-6-10-15(14)24(12-18(19,20)21)16(25)11-23-26/h2-10,23,26H,11-12H2,1H3. The Kier molecular flexibility index (Phi) is 6.48. The molecule has 0 fully saturated rings. The molecule has 0 radical (unpaired) electrons. The fraction of sp³-hybridized carbons (Fsp3) is 0.222. The summed E-state index contributed by atoms with van der Waals surface area (Å²) in [5.41, 5.74) is 3.23. The molecule has 0 saturated carbocycles. The van der Waals surface area contributed by atoms with Crippen LogP contribution >= 0.6 is 0 Å². The van der Waals surface area contributed by atoms with Crippen molar-refractivity contribution in [2.45, 2.75) is 6.18 Å². The fourth-order valence-corrected chi connectivity index (χ4v) is 2.56. The Morgan fingerprint density at radius 2 is 1.73 bits per heavy atom. The normalized spacial score (nSPS) is 12.1. The lowest BCUT2D eigenvalue weighted by Gasteiger charge is -2.26. The van der Waals surface area contributed by atoms with Crippen LogP contribution in [0.4, 0.5) is 18.9 Å². The Morgan fingerprint density at radius 3 is 2.31 bits per heavy atom. The second kappa shape index (κ2) is 8.59. The van der Waals surface area contributed by atoms with Gasteiger partial charge in [0.15, 0.2) is 0 Å². The average molecular weight is 365 g/mol. The van der Waals surface area contributed by atoms with Crippen molar-refractivity contribution in [2.75, 3.05) is 25.0 Å². The molecular formula is C18H18F3N3O2. The highest BCUT2D eigenvalue weighted by Gasteiger charge is 2.34. The number of anilines is 1. The van der Waals surface area contributed by atoms with E-state index in [-0.39, 0.29) is 5.69 Å². The first-order valence-corrected chi connectivity index (χ1v) is 7.73. The van der Waals surface area contributed by atoms with Crippen molar-refractivity contribution >= 4 is 17.3 Å². The molecule has 2 aromatic carbocycles. The monoisotopic (exact) mass is 365 g/mol. The van der Waals surface area contributed by atoms with Crippen LogP contribution < -0.4 is 10.4 Å². The van der Waals surface area contributed by atoms with Gasteiger partial charge in [0.2, 0.25) is 5.91 Å². The zero-order valence-corrected chi connectivity index (χ0v) is 14.0. The Labute approximate surface area is 148 Å². The van der Waals surface area contributed by atoms with Crippen LogP contribution in [0.15, 0.2) is 59.6 Å². The number of para-hydroxylation sites is 1. The molecule has 1 amide bonds. The number of hydroxylamine groups is 1. The second-order valence-electron chi connectivity index (χ2n) is 5.39. The van der Waals surface area contributed by atoms with Crippen LogP contribution in [0.2, 0.25) is 0 Å². The zero-order valence-electron chi connectivity index (χ0n) is 14.0. The zero-order chi connectivity index (χ0) is 19.2. The number of hydrogen-bond acceptors (Lipinski definition) is 4. The molecule has 2 aromatic rings. The molecule has 138 valence electrons. The van der Waals surface area contributed by atoms with Gasteiger partial charge in [0.05, 0.1) is 11.4 Å². The smallest absolute Gasteiger partial charge is 0.316 e. The molecule has 0 aliphatic heterocycles. The van der Waals surface area contributed by atoms with E-state index in [4.69, 9.17) is 5.21 Å². The van der Waals surface area contributed by atoms with Crippen molar-refractivity contribution in [3.8, 4) is 0 Å². The van der Waals surface area contributed by atoms with Gasteiger partial charge >= 0.3 is 6.18 Å². The van der Waals surface area contributed by atoms with Crippen molar-refractivity contribution in [3.05, 3.63) is 65.7 Å². The summed E-state index contributed by atoms with van der Waals surface area (Å²) >= 11 is 0. The van der Waals surface area contributed by atoms with Crippen molar-refractivity contribution in [1.29, 1.82) is 0 Å². The number of benzene rings is 2. The van der Waals surface area contributed by atoms with Gasteiger partial charge in [-0.2, -0.15) is 18.7 Å². The van der Waals surface area contributed by atoms with Crippen molar-refractivity contribution in [1.82, 2.24) is 5.48 Å². The lowest BCUT2D eigenvalue weighted by Crippen LogP contribution is -2.43. The van der Waals surface area contributed by atoms with E-state index in [1.807, 2.05) is 6.07 Å². The predicted octanol–water partition coefficient (Wildman–Crippen LogP) is 3.03. The summed E-state index contributed by atoms with van der Waals surface area (Å²) in [5.74, 6) is -0.916. The molecular weight excluding hydrogens is 347 g/mol. The molecule has 0 saturated heterocycles. The summed E-state index contributed by atoms with van der Waals surface area (Å²) < 4.78 is 39.1. The van der Waals surface area contributed by atoms with E-state index >= 15 is 0 Å².